The zero-order valence-electron chi connectivity index (χ0n) is 41.4. The Bertz CT molecular complexity index is 1050. The first-order valence-electron chi connectivity index (χ1n) is 27.0. The maximum atomic E-state index is 12.8. The van der Waals surface area contributed by atoms with Crippen LogP contribution in [0.3, 0.4) is 0 Å². The summed E-state index contributed by atoms with van der Waals surface area (Å²) in [5.41, 5.74) is 0. The predicted molar refractivity (Wildman–Crippen MR) is 266 cm³/mol. The number of carbonyl (C=O) groups is 3. The van der Waals surface area contributed by atoms with Crippen LogP contribution >= 0.6 is 0 Å². The van der Waals surface area contributed by atoms with Crippen molar-refractivity contribution in [1.82, 2.24) is 0 Å². The average Bonchev–Trinajstić information content (AvgIpc) is 3.27. The molecule has 0 rings (SSSR count). The molecule has 62 heavy (non-hydrogen) atoms. The predicted octanol–water partition coefficient (Wildman–Crippen LogP) is 17.7. The van der Waals surface area contributed by atoms with Gasteiger partial charge in [-0.3, -0.25) is 14.4 Å². The van der Waals surface area contributed by atoms with Crippen LogP contribution in [0.2, 0.25) is 0 Å². The topological polar surface area (TPSA) is 78.9 Å². The molecule has 6 heteroatoms. The Balaban J connectivity index is 4.28. The van der Waals surface area contributed by atoms with Crippen molar-refractivity contribution in [2.45, 2.75) is 290 Å². The van der Waals surface area contributed by atoms with Gasteiger partial charge in [0.05, 0.1) is 6.42 Å². The Morgan fingerprint density at radius 3 is 0.984 bits per heavy atom. The summed E-state index contributed by atoms with van der Waals surface area (Å²) in [6.45, 7) is 6.47. The molecular weight excluding hydrogens is 769 g/mol. The van der Waals surface area contributed by atoms with Crippen LogP contribution in [0, 0.1) is 0 Å². The Morgan fingerprint density at radius 1 is 0.339 bits per heavy atom. The second-order valence-electron chi connectivity index (χ2n) is 18.1. The first kappa shape index (κ1) is 59.6. The van der Waals surface area contributed by atoms with Crippen molar-refractivity contribution in [3.05, 3.63) is 36.5 Å². The van der Waals surface area contributed by atoms with Gasteiger partial charge < -0.3 is 14.2 Å². The summed E-state index contributed by atoms with van der Waals surface area (Å²) in [6.07, 6.45) is 60.3. The van der Waals surface area contributed by atoms with Crippen LogP contribution in [0.15, 0.2) is 36.5 Å². The molecule has 0 fully saturated rings. The number of ether oxygens (including phenoxy) is 3. The third-order valence-corrected chi connectivity index (χ3v) is 11.9. The molecule has 0 aromatic heterocycles. The Labute approximate surface area is 385 Å². The fourth-order valence-electron chi connectivity index (χ4n) is 7.92. The van der Waals surface area contributed by atoms with E-state index in [9.17, 15) is 14.4 Å². The third-order valence-electron chi connectivity index (χ3n) is 11.9. The van der Waals surface area contributed by atoms with Gasteiger partial charge in [-0.05, 0) is 32.1 Å². The number of hydrogen-bond acceptors (Lipinski definition) is 6. The zero-order chi connectivity index (χ0) is 45.1. The van der Waals surface area contributed by atoms with Crippen LogP contribution in [-0.4, -0.2) is 37.2 Å². The van der Waals surface area contributed by atoms with E-state index in [4.69, 9.17) is 14.2 Å². The molecule has 0 heterocycles. The average molecular weight is 871 g/mol. The van der Waals surface area contributed by atoms with E-state index in [2.05, 4.69) is 45.1 Å². The smallest absolute Gasteiger partial charge is 0.309 e. The number of hydrogen-bond donors (Lipinski definition) is 0. The standard InChI is InChI=1S/C56H102O6/c1-4-7-10-13-16-19-21-23-25-27-29-30-32-34-37-40-43-46-49-55(58)61-52-53(51-60-54(57)48-45-42-39-36-18-15-12-9-6-3)62-56(59)50-47-44-41-38-35-33-31-28-26-24-22-20-17-14-11-8-5-2/h9,12,18,36,42,45,53H,4-8,10-11,13-17,19-35,37-41,43-44,46-52H2,1-3H3/b12-9-,36-18-,45-42-. The fourth-order valence-corrected chi connectivity index (χ4v) is 7.92. The SMILES string of the molecule is CC/C=C\C/C=C\C/C=C\CC(=O)OCC(COC(=O)CCCCCCCCCCCCCCCCCCCC)OC(=O)CCCCCCCCCCCCCCCCCCC. The van der Waals surface area contributed by atoms with E-state index in [1.165, 1.54) is 186 Å². The molecule has 0 aromatic rings. The van der Waals surface area contributed by atoms with Gasteiger partial charge in [0.25, 0.3) is 0 Å². The lowest BCUT2D eigenvalue weighted by molar-refractivity contribution is -0.166. The number of carbonyl (C=O) groups excluding carboxylic acids is 3. The van der Waals surface area contributed by atoms with Gasteiger partial charge in [0.1, 0.15) is 13.2 Å². The van der Waals surface area contributed by atoms with Crippen molar-refractivity contribution in [2.75, 3.05) is 13.2 Å². The van der Waals surface area contributed by atoms with Gasteiger partial charge in [-0.1, -0.05) is 269 Å². The van der Waals surface area contributed by atoms with Gasteiger partial charge >= 0.3 is 17.9 Å². The third kappa shape index (κ3) is 48.7. The molecule has 0 bridgehead atoms. The largest absolute Gasteiger partial charge is 0.462 e. The molecule has 0 saturated heterocycles. The quantitative estimate of drug-likeness (QED) is 0.0262. The lowest BCUT2D eigenvalue weighted by Gasteiger charge is -2.18. The first-order chi connectivity index (χ1) is 30.5. The minimum absolute atomic E-state index is 0.0942. The van der Waals surface area contributed by atoms with Gasteiger partial charge in [0, 0.05) is 12.8 Å². The highest BCUT2D eigenvalue weighted by atomic mass is 16.6. The van der Waals surface area contributed by atoms with Crippen LogP contribution in [-0.2, 0) is 28.6 Å². The van der Waals surface area contributed by atoms with Gasteiger partial charge in [0.2, 0.25) is 0 Å². The molecule has 0 aliphatic carbocycles. The number of allylic oxidation sites excluding steroid dienone is 5. The summed E-state index contributed by atoms with van der Waals surface area (Å²) < 4.78 is 16.7. The molecule has 0 amide bonds. The lowest BCUT2D eigenvalue weighted by atomic mass is 10.0. The van der Waals surface area contributed by atoms with E-state index in [1.807, 2.05) is 6.08 Å². The molecular formula is C56H102O6. The van der Waals surface area contributed by atoms with Gasteiger partial charge in [0.15, 0.2) is 6.10 Å². The second kappa shape index (κ2) is 51.3. The van der Waals surface area contributed by atoms with E-state index in [0.29, 0.717) is 12.8 Å². The van der Waals surface area contributed by atoms with Gasteiger partial charge in [-0.2, -0.15) is 0 Å². The van der Waals surface area contributed by atoms with Crippen LogP contribution in [0.25, 0.3) is 0 Å². The molecule has 0 aliphatic heterocycles. The number of esters is 3. The van der Waals surface area contributed by atoms with Gasteiger partial charge in [-0.15, -0.1) is 0 Å². The number of rotatable bonds is 49. The van der Waals surface area contributed by atoms with Crippen LogP contribution < -0.4 is 0 Å². The molecule has 0 aliphatic rings. The Morgan fingerprint density at radius 2 is 0.629 bits per heavy atom. The van der Waals surface area contributed by atoms with Crippen molar-refractivity contribution in [3.63, 3.8) is 0 Å². The summed E-state index contributed by atoms with van der Waals surface area (Å²) in [7, 11) is 0. The Hall–Kier alpha value is -2.37. The Kier molecular flexibility index (Phi) is 49.3. The van der Waals surface area contributed by atoms with Crippen molar-refractivity contribution in [2.24, 2.45) is 0 Å². The van der Waals surface area contributed by atoms with Crippen molar-refractivity contribution < 1.29 is 28.6 Å². The first-order valence-corrected chi connectivity index (χ1v) is 27.0. The van der Waals surface area contributed by atoms with E-state index in [-0.39, 0.29) is 31.6 Å². The molecule has 0 spiro atoms. The van der Waals surface area contributed by atoms with Crippen LogP contribution in [0.1, 0.15) is 284 Å². The summed E-state index contributed by atoms with van der Waals surface area (Å²) in [5, 5.41) is 0. The molecule has 6 nitrogen and oxygen atoms in total. The van der Waals surface area contributed by atoms with Gasteiger partial charge in [-0.25, -0.2) is 0 Å². The molecule has 0 radical (unpaired) electrons. The molecule has 362 valence electrons. The molecule has 0 aromatic carbocycles. The minimum atomic E-state index is -0.801. The van der Waals surface area contributed by atoms with E-state index in [0.717, 1.165) is 57.8 Å². The van der Waals surface area contributed by atoms with E-state index >= 15 is 0 Å². The molecule has 0 saturated carbocycles. The summed E-state index contributed by atoms with van der Waals surface area (Å²) in [4.78, 5) is 37.9. The van der Waals surface area contributed by atoms with E-state index < -0.39 is 12.1 Å². The molecule has 0 N–H and O–H groups in total. The van der Waals surface area contributed by atoms with E-state index in [1.54, 1.807) is 6.08 Å². The zero-order valence-corrected chi connectivity index (χ0v) is 41.4. The minimum Gasteiger partial charge on any atom is -0.462 e. The molecule has 1 atom stereocenters. The highest BCUT2D eigenvalue weighted by Crippen LogP contribution is 2.17. The van der Waals surface area contributed by atoms with Crippen molar-refractivity contribution in [3.8, 4) is 0 Å². The monoisotopic (exact) mass is 871 g/mol. The maximum Gasteiger partial charge on any atom is 0.309 e. The molecule has 1 unspecified atom stereocenters. The summed E-state index contributed by atoms with van der Waals surface area (Å²) in [5.74, 6) is -1.01. The highest BCUT2D eigenvalue weighted by molar-refractivity contribution is 5.72. The maximum absolute atomic E-state index is 12.8. The normalized spacial score (nSPS) is 12.2. The van der Waals surface area contributed by atoms with Crippen LogP contribution in [0.4, 0.5) is 0 Å². The van der Waals surface area contributed by atoms with Crippen molar-refractivity contribution in [1.29, 1.82) is 0 Å². The summed E-state index contributed by atoms with van der Waals surface area (Å²) >= 11 is 0. The van der Waals surface area contributed by atoms with Crippen molar-refractivity contribution >= 4 is 17.9 Å². The fraction of sp³-hybridized carbons (Fsp3) is 0.839. The second-order valence-corrected chi connectivity index (χ2v) is 18.1. The summed E-state index contributed by atoms with van der Waals surface area (Å²) in [6, 6.07) is 0. The highest BCUT2D eigenvalue weighted by Gasteiger charge is 2.19. The lowest BCUT2D eigenvalue weighted by Crippen LogP contribution is -2.30. The number of unbranched alkanes of at least 4 members (excludes halogenated alkanes) is 33. The van der Waals surface area contributed by atoms with Crippen LogP contribution in [0.5, 0.6) is 0 Å².